The van der Waals surface area contributed by atoms with E-state index in [0.717, 1.165) is 11.8 Å². The molecule has 2 aromatic carbocycles. The van der Waals surface area contributed by atoms with Crippen LogP contribution in [0.3, 0.4) is 0 Å². The van der Waals surface area contributed by atoms with Crippen LogP contribution in [0, 0.1) is 0 Å². The number of phenolic OH excluding ortho intramolecular Hbond substituents is 1. The number of aromatic hydroxyl groups is 1. The lowest BCUT2D eigenvalue weighted by molar-refractivity contribution is -0.115. The van der Waals surface area contributed by atoms with Gasteiger partial charge in [0.2, 0.25) is 0 Å². The number of aliphatic imine (C=N–C) groups is 1. The summed E-state index contributed by atoms with van der Waals surface area (Å²) in [4.78, 5) is 28.8. The minimum absolute atomic E-state index is 0.0184. The smallest absolute Gasteiger partial charge is 0.340 e. The van der Waals surface area contributed by atoms with Crippen molar-refractivity contribution >= 4 is 40.6 Å². The van der Waals surface area contributed by atoms with Crippen molar-refractivity contribution in [3.63, 3.8) is 0 Å². The summed E-state index contributed by atoms with van der Waals surface area (Å²) in [6, 6.07) is 11.5. The Balaban J connectivity index is 1.88. The predicted molar refractivity (Wildman–Crippen MR) is 103 cm³/mol. The van der Waals surface area contributed by atoms with Gasteiger partial charge in [0, 0.05) is 0 Å². The van der Waals surface area contributed by atoms with Gasteiger partial charge in [0.15, 0.2) is 16.7 Å². The fourth-order valence-corrected chi connectivity index (χ4v) is 3.21. The van der Waals surface area contributed by atoms with Crippen LogP contribution in [0.5, 0.6) is 11.5 Å². The molecule has 0 radical (unpaired) electrons. The quantitative estimate of drug-likeness (QED) is 0.621. The third-order valence-electron chi connectivity index (χ3n) is 3.68. The van der Waals surface area contributed by atoms with E-state index in [1.165, 1.54) is 20.3 Å². The van der Waals surface area contributed by atoms with Crippen LogP contribution in [0.4, 0.5) is 5.69 Å². The Bertz CT molecular complexity index is 968. The molecule has 1 fully saturated rings. The van der Waals surface area contributed by atoms with Crippen molar-refractivity contribution in [2.45, 2.75) is 0 Å². The van der Waals surface area contributed by atoms with Gasteiger partial charge < -0.3 is 19.9 Å². The number of nitrogens with zero attached hydrogens (tertiary/aromatic N) is 1. The number of para-hydroxylation sites is 1. The van der Waals surface area contributed by atoms with Crippen LogP contribution in [-0.2, 0) is 9.53 Å². The van der Waals surface area contributed by atoms with Gasteiger partial charge >= 0.3 is 5.97 Å². The summed E-state index contributed by atoms with van der Waals surface area (Å²) < 4.78 is 9.82. The molecule has 1 saturated heterocycles. The molecule has 1 aliphatic rings. The van der Waals surface area contributed by atoms with Crippen molar-refractivity contribution in [3.8, 4) is 11.5 Å². The van der Waals surface area contributed by atoms with Crippen molar-refractivity contribution in [2.24, 2.45) is 4.99 Å². The van der Waals surface area contributed by atoms with E-state index in [0.29, 0.717) is 32.6 Å². The Hall–Kier alpha value is -3.26. The topological polar surface area (TPSA) is 97.2 Å². The molecule has 7 nitrogen and oxygen atoms in total. The third kappa shape index (κ3) is 4.12. The van der Waals surface area contributed by atoms with Crippen LogP contribution in [0.15, 0.2) is 52.4 Å². The maximum Gasteiger partial charge on any atom is 0.340 e. The van der Waals surface area contributed by atoms with E-state index in [1.54, 1.807) is 42.5 Å². The molecule has 0 bridgehead atoms. The molecule has 0 atom stereocenters. The molecule has 0 spiro atoms. The largest absolute Gasteiger partial charge is 0.504 e. The van der Waals surface area contributed by atoms with Gasteiger partial charge in [0.25, 0.3) is 5.91 Å². The van der Waals surface area contributed by atoms with Crippen LogP contribution < -0.4 is 10.1 Å². The van der Waals surface area contributed by atoms with Gasteiger partial charge in [0.1, 0.15) is 0 Å². The average molecular weight is 384 g/mol. The van der Waals surface area contributed by atoms with Crippen molar-refractivity contribution in [1.82, 2.24) is 5.32 Å². The zero-order chi connectivity index (χ0) is 19.4. The molecule has 1 aliphatic heterocycles. The molecule has 1 heterocycles. The number of hydrogen-bond donors (Lipinski definition) is 2. The van der Waals surface area contributed by atoms with Crippen molar-refractivity contribution in [1.29, 1.82) is 0 Å². The summed E-state index contributed by atoms with van der Waals surface area (Å²) in [5.74, 6) is -0.476. The van der Waals surface area contributed by atoms with Gasteiger partial charge in [0.05, 0.1) is 30.4 Å². The third-order valence-corrected chi connectivity index (χ3v) is 4.59. The zero-order valence-corrected chi connectivity index (χ0v) is 15.4. The number of thioether (sulfide) groups is 1. The van der Waals surface area contributed by atoms with Crippen LogP contribution in [-0.4, -0.2) is 36.4 Å². The van der Waals surface area contributed by atoms with E-state index in [1.807, 2.05) is 0 Å². The fraction of sp³-hybridized carbons (Fsp3) is 0.105. The molecule has 0 aliphatic carbocycles. The summed E-state index contributed by atoms with van der Waals surface area (Å²) in [5, 5.41) is 12.7. The highest BCUT2D eigenvalue weighted by atomic mass is 32.2. The Labute approximate surface area is 159 Å². The van der Waals surface area contributed by atoms with Gasteiger partial charge in [-0.3, -0.25) is 4.79 Å². The van der Waals surface area contributed by atoms with E-state index in [9.17, 15) is 14.7 Å². The Morgan fingerprint density at radius 3 is 2.74 bits per heavy atom. The molecular weight excluding hydrogens is 368 g/mol. The van der Waals surface area contributed by atoms with Crippen molar-refractivity contribution < 1.29 is 24.2 Å². The molecule has 138 valence electrons. The number of amides is 1. The number of esters is 1. The first-order valence-electron chi connectivity index (χ1n) is 7.85. The number of benzene rings is 2. The second-order valence-corrected chi connectivity index (χ2v) is 6.45. The lowest BCUT2D eigenvalue weighted by atomic mass is 10.2. The first-order chi connectivity index (χ1) is 13.0. The molecule has 0 saturated carbocycles. The lowest BCUT2D eigenvalue weighted by Gasteiger charge is -2.04. The monoisotopic (exact) mass is 384 g/mol. The number of carbonyl (C=O) groups is 2. The molecule has 0 aromatic heterocycles. The van der Waals surface area contributed by atoms with Gasteiger partial charge in [-0.2, -0.15) is 0 Å². The minimum atomic E-state index is -0.503. The summed E-state index contributed by atoms with van der Waals surface area (Å²) in [7, 11) is 2.75. The predicted octanol–water partition coefficient (Wildman–Crippen LogP) is 3.08. The molecule has 3 rings (SSSR count). The standard InChI is InChI=1S/C19H16N2O5S/c1-25-15-9-11(7-8-14(15)22)10-16-17(23)21-19(27-16)20-13-6-4-3-5-12(13)18(24)26-2/h3-10,22H,1-2H3,(H,20,21,23)/b16-10-. The molecule has 8 heteroatoms. The number of carbonyl (C=O) groups excluding carboxylic acids is 2. The van der Waals surface area contributed by atoms with E-state index >= 15 is 0 Å². The van der Waals surface area contributed by atoms with E-state index in [4.69, 9.17) is 9.47 Å². The molecule has 2 N–H and O–H groups in total. The zero-order valence-electron chi connectivity index (χ0n) is 14.6. The lowest BCUT2D eigenvalue weighted by Crippen LogP contribution is -2.19. The Morgan fingerprint density at radius 1 is 1.22 bits per heavy atom. The minimum Gasteiger partial charge on any atom is -0.504 e. The highest BCUT2D eigenvalue weighted by Crippen LogP contribution is 2.32. The summed E-state index contributed by atoms with van der Waals surface area (Å²) in [6.45, 7) is 0. The molecular formula is C19H16N2O5S. The molecule has 27 heavy (non-hydrogen) atoms. The van der Waals surface area contributed by atoms with E-state index in [-0.39, 0.29) is 11.7 Å². The average Bonchev–Trinajstić information content (AvgIpc) is 3.02. The maximum atomic E-state index is 12.2. The number of nitrogens with one attached hydrogen (secondary N) is 1. The van der Waals surface area contributed by atoms with Crippen molar-refractivity contribution in [3.05, 3.63) is 58.5 Å². The van der Waals surface area contributed by atoms with E-state index in [2.05, 4.69) is 10.3 Å². The first-order valence-corrected chi connectivity index (χ1v) is 8.67. The highest BCUT2D eigenvalue weighted by molar-refractivity contribution is 8.18. The number of methoxy groups -OCH3 is 2. The van der Waals surface area contributed by atoms with Crippen LogP contribution in [0.1, 0.15) is 15.9 Å². The SMILES string of the molecule is COC(=O)c1ccccc1N=C1NC(=O)/C(=C/c2ccc(O)c(OC)c2)S1. The summed E-state index contributed by atoms with van der Waals surface area (Å²) >= 11 is 1.15. The summed E-state index contributed by atoms with van der Waals surface area (Å²) in [6.07, 6.45) is 1.66. The van der Waals surface area contributed by atoms with Gasteiger partial charge in [-0.25, -0.2) is 9.79 Å². The van der Waals surface area contributed by atoms with Crippen LogP contribution in [0.2, 0.25) is 0 Å². The second kappa shape index (κ2) is 7.96. The fourth-order valence-electron chi connectivity index (χ4n) is 2.38. The number of hydrogen-bond acceptors (Lipinski definition) is 7. The van der Waals surface area contributed by atoms with Gasteiger partial charge in [-0.15, -0.1) is 0 Å². The van der Waals surface area contributed by atoms with E-state index < -0.39 is 5.97 Å². The van der Waals surface area contributed by atoms with Crippen molar-refractivity contribution in [2.75, 3.05) is 14.2 Å². The summed E-state index contributed by atoms with van der Waals surface area (Å²) in [5.41, 5.74) is 1.40. The van der Waals surface area contributed by atoms with Gasteiger partial charge in [-0.05, 0) is 47.7 Å². The maximum absolute atomic E-state index is 12.2. The molecule has 0 unspecified atom stereocenters. The number of phenols is 1. The Kier molecular flexibility index (Phi) is 5.46. The molecule has 1 amide bonds. The van der Waals surface area contributed by atoms with Crippen LogP contribution >= 0.6 is 11.8 Å². The molecule has 2 aromatic rings. The normalized spacial score (nSPS) is 16.4. The second-order valence-electron chi connectivity index (χ2n) is 5.42. The Morgan fingerprint density at radius 2 is 2.00 bits per heavy atom. The number of amidine groups is 1. The number of rotatable bonds is 4. The number of ether oxygens (including phenoxy) is 2. The highest BCUT2D eigenvalue weighted by Gasteiger charge is 2.24. The first kappa shape index (κ1) is 18.5. The van der Waals surface area contributed by atoms with Gasteiger partial charge in [-0.1, -0.05) is 18.2 Å². The van der Waals surface area contributed by atoms with Crippen LogP contribution in [0.25, 0.3) is 6.08 Å².